The number of benzene rings is 1. The predicted molar refractivity (Wildman–Crippen MR) is 120 cm³/mol. The normalized spacial score (nSPS) is 17.3. The summed E-state index contributed by atoms with van der Waals surface area (Å²) in [6, 6.07) is 7.96. The topological polar surface area (TPSA) is 154 Å². The van der Waals surface area contributed by atoms with Crippen LogP contribution in [0.5, 0.6) is 0 Å². The number of anilines is 1. The van der Waals surface area contributed by atoms with E-state index < -0.39 is 48.5 Å². The van der Waals surface area contributed by atoms with Gasteiger partial charge in [0.25, 0.3) is 5.91 Å². The molecule has 3 amide bonds. The molecule has 1 fully saturated rings. The largest absolute Gasteiger partial charge is 0.465 e. The van der Waals surface area contributed by atoms with E-state index >= 15 is 0 Å². The maximum absolute atomic E-state index is 13.1. The third kappa shape index (κ3) is 4.31. The first-order chi connectivity index (χ1) is 16.2. The predicted octanol–water partition coefficient (Wildman–Crippen LogP) is 1.80. The van der Waals surface area contributed by atoms with Crippen LogP contribution in [0.1, 0.15) is 44.5 Å². The summed E-state index contributed by atoms with van der Waals surface area (Å²) in [5.41, 5.74) is 5.04. The first-order valence-electron chi connectivity index (χ1n) is 10.1. The lowest BCUT2D eigenvalue weighted by atomic mass is 9.87. The minimum Gasteiger partial charge on any atom is -0.465 e. The van der Waals surface area contributed by atoms with Gasteiger partial charge in [0.1, 0.15) is 34.1 Å². The smallest absolute Gasteiger partial charge is 0.348 e. The average molecular weight is 490 g/mol. The third-order valence-corrected chi connectivity index (χ3v) is 6.47. The average Bonchev–Trinajstić information content (AvgIpc) is 3.31. The van der Waals surface area contributed by atoms with E-state index in [1.165, 1.54) is 0 Å². The van der Waals surface area contributed by atoms with Crippen molar-refractivity contribution in [2.24, 2.45) is 0 Å². The Morgan fingerprint density at radius 1 is 1.09 bits per heavy atom. The molecule has 0 saturated carbocycles. The number of amides is 3. The van der Waals surface area contributed by atoms with Gasteiger partial charge >= 0.3 is 23.9 Å². The highest BCUT2D eigenvalue weighted by Crippen LogP contribution is 2.34. The Morgan fingerprint density at radius 3 is 2.32 bits per heavy atom. The van der Waals surface area contributed by atoms with Crippen molar-refractivity contribution >= 4 is 46.2 Å². The number of rotatable bonds is 8. The Kier molecular flexibility index (Phi) is 7.20. The van der Waals surface area contributed by atoms with Crippen molar-refractivity contribution in [2.75, 3.05) is 26.5 Å². The van der Waals surface area contributed by atoms with Crippen LogP contribution in [0.4, 0.5) is 9.80 Å². The fourth-order valence-corrected chi connectivity index (χ4v) is 4.64. The monoisotopic (exact) mass is 489 g/mol. The molecule has 1 saturated heterocycles. The molecule has 1 aromatic heterocycles. The number of hydrogen-bond acceptors (Lipinski definition) is 10. The molecule has 180 valence electrons. The first kappa shape index (κ1) is 24.7. The van der Waals surface area contributed by atoms with Gasteiger partial charge < -0.3 is 25.3 Å². The molecule has 0 radical (unpaired) electrons. The molecule has 0 bridgehead atoms. The molecule has 1 aliphatic heterocycles. The highest BCUT2D eigenvalue weighted by atomic mass is 32.1. The molecular formula is C22H23N3O8S. The van der Waals surface area contributed by atoms with Crippen LogP contribution in [0.3, 0.4) is 0 Å². The number of hydrogen-bond donors (Lipinski definition) is 2. The summed E-state index contributed by atoms with van der Waals surface area (Å²) in [6.45, 7) is 0.555. The lowest BCUT2D eigenvalue weighted by Crippen LogP contribution is -2.44. The third-order valence-electron chi connectivity index (χ3n) is 5.43. The minimum atomic E-state index is -1.30. The maximum atomic E-state index is 13.1. The van der Waals surface area contributed by atoms with Gasteiger partial charge in [0.15, 0.2) is 0 Å². The number of nitrogens with zero attached hydrogens (tertiary/aromatic N) is 1. The van der Waals surface area contributed by atoms with E-state index in [1.54, 1.807) is 37.3 Å². The van der Waals surface area contributed by atoms with Gasteiger partial charge in [0, 0.05) is 5.56 Å². The Labute approximate surface area is 198 Å². The minimum absolute atomic E-state index is 0.0111. The van der Waals surface area contributed by atoms with Crippen LogP contribution in [-0.2, 0) is 35.9 Å². The molecule has 11 nitrogen and oxygen atoms in total. The Morgan fingerprint density at radius 2 is 1.74 bits per heavy atom. The molecular weight excluding hydrogens is 466 g/mol. The molecule has 1 aromatic carbocycles. The number of thiophene rings is 1. The quantitative estimate of drug-likeness (QED) is 0.321. The van der Waals surface area contributed by atoms with E-state index in [2.05, 4.69) is 5.32 Å². The zero-order valence-corrected chi connectivity index (χ0v) is 19.5. The zero-order valence-electron chi connectivity index (χ0n) is 18.7. The fourth-order valence-electron chi connectivity index (χ4n) is 3.67. The maximum Gasteiger partial charge on any atom is 0.348 e. The van der Waals surface area contributed by atoms with Crippen LogP contribution in [0.2, 0.25) is 0 Å². The second-order valence-electron chi connectivity index (χ2n) is 7.24. The number of esters is 3. The zero-order chi connectivity index (χ0) is 25.0. The summed E-state index contributed by atoms with van der Waals surface area (Å²) in [7, 11) is 2.29. The lowest BCUT2D eigenvalue weighted by molar-refractivity contribution is -0.149. The molecule has 3 N–H and O–H groups in total. The number of ether oxygens (including phenoxy) is 3. The van der Waals surface area contributed by atoms with Crippen molar-refractivity contribution in [3.63, 3.8) is 0 Å². The van der Waals surface area contributed by atoms with Crippen molar-refractivity contribution in [2.45, 2.75) is 25.5 Å². The van der Waals surface area contributed by atoms with Gasteiger partial charge in [-0.25, -0.2) is 14.4 Å². The summed E-state index contributed by atoms with van der Waals surface area (Å²) in [5, 5.41) is 2.66. The van der Waals surface area contributed by atoms with E-state index in [1.807, 2.05) is 0 Å². The Bertz CT molecular complexity index is 1150. The van der Waals surface area contributed by atoms with Gasteiger partial charge in [-0.05, 0) is 12.0 Å². The summed E-state index contributed by atoms with van der Waals surface area (Å²) >= 11 is 0.786. The number of nitrogens with two attached hydrogens (primary N) is 1. The summed E-state index contributed by atoms with van der Waals surface area (Å²) < 4.78 is 14.6. The molecule has 0 spiro atoms. The van der Waals surface area contributed by atoms with Gasteiger partial charge in [-0.1, -0.05) is 37.3 Å². The summed E-state index contributed by atoms with van der Waals surface area (Å²) in [6.07, 6.45) is 0.270. The second kappa shape index (κ2) is 9.91. The standard InChI is InChI=1S/C22H23N3O8S/c1-4-22(12-8-6-5-7-9-12)20(29)25(21(30)24-22)10-14(26)33-11-13-15(18(27)31-2)17(23)34-16(13)19(28)32-3/h5-9H,4,10-11,23H2,1-3H3,(H,24,30). The second-order valence-corrected chi connectivity index (χ2v) is 8.29. The number of carbonyl (C=O) groups excluding carboxylic acids is 5. The number of nitrogens with one attached hydrogen (secondary N) is 1. The van der Waals surface area contributed by atoms with Gasteiger partial charge in [-0.2, -0.15) is 0 Å². The molecule has 1 unspecified atom stereocenters. The summed E-state index contributed by atoms with van der Waals surface area (Å²) in [4.78, 5) is 63.2. The van der Waals surface area contributed by atoms with Crippen LogP contribution in [0.25, 0.3) is 0 Å². The number of urea groups is 1. The SMILES string of the molecule is CCC1(c2ccccc2)NC(=O)N(CC(=O)OCc2c(C(=O)OC)sc(N)c2C(=O)OC)C1=O. The van der Waals surface area contributed by atoms with Crippen molar-refractivity contribution in [1.82, 2.24) is 10.2 Å². The fraction of sp³-hybridized carbons (Fsp3) is 0.318. The van der Waals surface area contributed by atoms with Crippen molar-refractivity contribution < 1.29 is 38.2 Å². The molecule has 12 heteroatoms. The van der Waals surface area contributed by atoms with Crippen LogP contribution in [0.15, 0.2) is 30.3 Å². The highest BCUT2D eigenvalue weighted by Gasteiger charge is 2.51. The van der Waals surface area contributed by atoms with Gasteiger partial charge in [0.2, 0.25) is 0 Å². The molecule has 1 aliphatic rings. The van der Waals surface area contributed by atoms with Crippen LogP contribution >= 0.6 is 11.3 Å². The van der Waals surface area contributed by atoms with Gasteiger partial charge in [-0.3, -0.25) is 14.5 Å². The molecule has 3 rings (SSSR count). The molecule has 2 aromatic rings. The molecule has 34 heavy (non-hydrogen) atoms. The van der Waals surface area contributed by atoms with Crippen LogP contribution in [0, 0.1) is 0 Å². The molecule has 2 heterocycles. The molecule has 1 atom stereocenters. The Hall–Kier alpha value is -3.93. The highest BCUT2D eigenvalue weighted by molar-refractivity contribution is 7.18. The first-order valence-corrected chi connectivity index (χ1v) is 10.9. The summed E-state index contributed by atoms with van der Waals surface area (Å²) in [5.74, 6) is -3.12. The lowest BCUT2D eigenvalue weighted by Gasteiger charge is -2.25. The Balaban J connectivity index is 1.78. The van der Waals surface area contributed by atoms with E-state index in [4.69, 9.17) is 19.9 Å². The van der Waals surface area contributed by atoms with Crippen LogP contribution in [-0.4, -0.2) is 55.5 Å². The van der Waals surface area contributed by atoms with Crippen molar-refractivity contribution in [1.29, 1.82) is 0 Å². The van der Waals surface area contributed by atoms with Crippen molar-refractivity contribution in [3.05, 3.63) is 51.9 Å². The number of methoxy groups -OCH3 is 2. The van der Waals surface area contributed by atoms with E-state index in [9.17, 15) is 24.0 Å². The van der Waals surface area contributed by atoms with Crippen LogP contribution < -0.4 is 11.1 Å². The number of nitrogen functional groups attached to an aromatic ring is 1. The van der Waals surface area contributed by atoms with Gasteiger partial charge in [-0.15, -0.1) is 11.3 Å². The van der Waals surface area contributed by atoms with E-state index in [-0.39, 0.29) is 27.4 Å². The number of imide groups is 1. The van der Waals surface area contributed by atoms with Gasteiger partial charge in [0.05, 0.1) is 14.2 Å². The van der Waals surface area contributed by atoms with E-state index in [0.29, 0.717) is 5.56 Å². The van der Waals surface area contributed by atoms with E-state index in [0.717, 1.165) is 30.5 Å². The van der Waals surface area contributed by atoms with Crippen molar-refractivity contribution in [3.8, 4) is 0 Å². The molecule has 0 aliphatic carbocycles. The number of carbonyl (C=O) groups is 5.